The number of halogens is 1. The largest absolute Gasteiger partial charge is 0.493 e. The highest BCUT2D eigenvalue weighted by atomic mass is 79.9. The molecule has 36 heavy (non-hydrogen) atoms. The molecular formula is C27H30BrN3O5. The second-order valence-electron chi connectivity index (χ2n) is 8.36. The van der Waals surface area contributed by atoms with Crippen molar-refractivity contribution in [3.8, 4) is 11.5 Å². The van der Waals surface area contributed by atoms with E-state index in [0.29, 0.717) is 40.2 Å². The zero-order chi connectivity index (χ0) is 26.4. The normalized spacial score (nSPS) is 12.2. The fourth-order valence-corrected chi connectivity index (χ4v) is 3.97. The topological polar surface area (TPSA) is 92.0 Å². The highest BCUT2D eigenvalue weighted by Crippen LogP contribution is 2.34. The quantitative estimate of drug-likeness (QED) is 0.193. The van der Waals surface area contributed by atoms with Crippen molar-refractivity contribution in [3.05, 3.63) is 74.8 Å². The molecule has 0 unspecified atom stereocenters. The molecule has 1 aromatic heterocycles. The van der Waals surface area contributed by atoms with Gasteiger partial charge in [0.15, 0.2) is 17.6 Å². The summed E-state index contributed by atoms with van der Waals surface area (Å²) in [5.41, 5.74) is 1.78. The summed E-state index contributed by atoms with van der Waals surface area (Å²) in [5.74, 6) is 0.892. The second kappa shape index (κ2) is 12.0. The van der Waals surface area contributed by atoms with Gasteiger partial charge in [0.25, 0.3) is 5.56 Å². The number of hydrogen-bond acceptors (Lipinski definition) is 7. The fourth-order valence-electron chi connectivity index (χ4n) is 3.61. The predicted molar refractivity (Wildman–Crippen MR) is 144 cm³/mol. The van der Waals surface area contributed by atoms with Crippen molar-refractivity contribution in [2.45, 2.75) is 46.1 Å². The molecule has 0 amide bonds. The number of carbonyl (C=O) groups is 1. The minimum absolute atomic E-state index is 0.0334. The molecule has 8 nitrogen and oxygen atoms in total. The van der Waals surface area contributed by atoms with E-state index in [1.165, 1.54) is 11.8 Å². The number of methoxy groups -OCH3 is 1. The molecule has 190 valence electrons. The summed E-state index contributed by atoms with van der Waals surface area (Å²) in [6.07, 6.45) is 2.94. The van der Waals surface area contributed by atoms with Gasteiger partial charge >= 0.3 is 5.97 Å². The number of nitrogens with zero attached hydrogens (tertiary/aromatic N) is 3. The fraction of sp³-hybridized carbons (Fsp3) is 0.333. The minimum atomic E-state index is -0.822. The maximum absolute atomic E-state index is 13.3. The first-order valence-electron chi connectivity index (χ1n) is 11.6. The molecule has 2 aromatic carbocycles. The highest BCUT2D eigenvalue weighted by molar-refractivity contribution is 9.10. The summed E-state index contributed by atoms with van der Waals surface area (Å²) >= 11 is 3.42. The van der Waals surface area contributed by atoms with Crippen molar-refractivity contribution in [3.63, 3.8) is 0 Å². The van der Waals surface area contributed by atoms with Crippen molar-refractivity contribution < 1.29 is 19.0 Å². The standard InChI is InChI=1S/C27H30BrN3O5/c1-7-9-19-12-18(13-23(34-6)24(19)36-17(5)27(33)35-8-2)15-29-31-25(16(3)4)30-22-11-10-20(28)14-21(22)26(31)32/h7,10-17H,1,8-9H2,2-6H3/t17-/m0/s1. The molecule has 3 aromatic rings. The van der Waals surface area contributed by atoms with E-state index >= 15 is 0 Å². The van der Waals surface area contributed by atoms with Crippen LogP contribution in [0.3, 0.4) is 0 Å². The number of carbonyl (C=O) groups excluding carboxylic acids is 1. The molecule has 0 radical (unpaired) electrons. The van der Waals surface area contributed by atoms with E-state index in [1.807, 2.05) is 32.0 Å². The zero-order valence-corrected chi connectivity index (χ0v) is 22.7. The Morgan fingerprint density at radius 2 is 2.00 bits per heavy atom. The lowest BCUT2D eigenvalue weighted by Gasteiger charge is -2.19. The average Bonchev–Trinajstić information content (AvgIpc) is 2.84. The summed E-state index contributed by atoms with van der Waals surface area (Å²) in [4.78, 5) is 30.1. The van der Waals surface area contributed by atoms with Crippen LogP contribution in [0.4, 0.5) is 0 Å². The van der Waals surface area contributed by atoms with Crippen molar-refractivity contribution in [1.29, 1.82) is 0 Å². The van der Waals surface area contributed by atoms with Gasteiger partial charge in [-0.1, -0.05) is 35.9 Å². The molecule has 0 fully saturated rings. The van der Waals surface area contributed by atoms with Gasteiger partial charge in [-0.05, 0) is 56.2 Å². The molecule has 9 heteroatoms. The van der Waals surface area contributed by atoms with E-state index in [2.05, 4.69) is 32.6 Å². The Labute approximate surface area is 218 Å². The summed E-state index contributed by atoms with van der Waals surface area (Å²) in [6.45, 7) is 11.4. The van der Waals surface area contributed by atoms with Crippen LogP contribution >= 0.6 is 15.9 Å². The van der Waals surface area contributed by atoms with Gasteiger partial charge in [-0.25, -0.2) is 9.78 Å². The van der Waals surface area contributed by atoms with Crippen LogP contribution in [-0.2, 0) is 16.0 Å². The Balaban J connectivity index is 2.08. The first kappa shape index (κ1) is 27.1. The molecule has 0 saturated heterocycles. The van der Waals surface area contributed by atoms with Gasteiger partial charge in [0.2, 0.25) is 0 Å². The van der Waals surface area contributed by atoms with E-state index in [4.69, 9.17) is 14.2 Å². The lowest BCUT2D eigenvalue weighted by atomic mass is 10.1. The van der Waals surface area contributed by atoms with Crippen molar-refractivity contribution in [1.82, 2.24) is 9.66 Å². The predicted octanol–water partition coefficient (Wildman–Crippen LogP) is 5.23. The van der Waals surface area contributed by atoms with Crippen LogP contribution in [-0.4, -0.2) is 41.7 Å². The third kappa shape index (κ3) is 6.02. The molecular weight excluding hydrogens is 526 g/mol. The van der Waals surface area contributed by atoms with E-state index in [1.54, 1.807) is 38.3 Å². The first-order valence-corrected chi connectivity index (χ1v) is 12.4. The third-order valence-electron chi connectivity index (χ3n) is 5.32. The van der Waals surface area contributed by atoms with Crippen molar-refractivity contribution in [2.24, 2.45) is 5.10 Å². The van der Waals surface area contributed by atoms with Crippen LogP contribution in [0.1, 0.15) is 50.6 Å². The third-order valence-corrected chi connectivity index (χ3v) is 5.82. The van der Waals surface area contributed by atoms with Gasteiger partial charge in [0.05, 0.1) is 30.8 Å². The van der Waals surface area contributed by atoms with Crippen LogP contribution in [0.2, 0.25) is 0 Å². The molecule has 1 heterocycles. The Morgan fingerprint density at radius 3 is 2.64 bits per heavy atom. The monoisotopic (exact) mass is 555 g/mol. The van der Waals surface area contributed by atoms with Crippen molar-refractivity contribution in [2.75, 3.05) is 13.7 Å². The molecule has 0 saturated carbocycles. The van der Waals surface area contributed by atoms with Gasteiger partial charge in [-0.15, -0.1) is 6.58 Å². The van der Waals surface area contributed by atoms with Crippen LogP contribution in [0.15, 0.2) is 57.4 Å². The Morgan fingerprint density at radius 1 is 1.25 bits per heavy atom. The van der Waals surface area contributed by atoms with Gasteiger partial charge in [0.1, 0.15) is 5.82 Å². The average molecular weight is 556 g/mol. The second-order valence-corrected chi connectivity index (χ2v) is 9.28. The number of rotatable bonds is 10. The SMILES string of the molecule is C=CCc1cc(C=Nn2c(C(C)C)nc3ccc(Br)cc3c2=O)cc(OC)c1O[C@@H](C)C(=O)OCC. The van der Waals surface area contributed by atoms with E-state index in [9.17, 15) is 9.59 Å². The lowest BCUT2D eigenvalue weighted by Crippen LogP contribution is -2.26. The summed E-state index contributed by atoms with van der Waals surface area (Å²) in [6, 6.07) is 8.98. The molecule has 3 rings (SSSR count). The number of ether oxygens (including phenoxy) is 3. The molecule has 0 aliphatic heterocycles. The number of esters is 1. The van der Waals surface area contributed by atoms with Crippen LogP contribution < -0.4 is 15.0 Å². The van der Waals surface area contributed by atoms with E-state index in [-0.39, 0.29) is 18.1 Å². The van der Waals surface area contributed by atoms with Crippen molar-refractivity contribution >= 4 is 39.0 Å². The molecule has 0 aliphatic rings. The first-order chi connectivity index (χ1) is 17.2. The van der Waals surface area contributed by atoms with E-state index in [0.717, 1.165) is 10.0 Å². The molecule has 0 aliphatic carbocycles. The Hall–Kier alpha value is -3.46. The van der Waals surface area contributed by atoms with Crippen LogP contribution in [0, 0.1) is 0 Å². The smallest absolute Gasteiger partial charge is 0.347 e. The minimum Gasteiger partial charge on any atom is -0.493 e. The van der Waals surface area contributed by atoms with Gasteiger partial charge in [-0.3, -0.25) is 4.79 Å². The van der Waals surface area contributed by atoms with E-state index < -0.39 is 12.1 Å². The number of hydrogen-bond donors (Lipinski definition) is 0. The maximum Gasteiger partial charge on any atom is 0.347 e. The van der Waals surface area contributed by atoms with Crippen LogP contribution in [0.25, 0.3) is 10.9 Å². The molecule has 0 bridgehead atoms. The van der Waals surface area contributed by atoms with Gasteiger partial charge in [-0.2, -0.15) is 9.78 Å². The molecule has 1 atom stereocenters. The highest BCUT2D eigenvalue weighted by Gasteiger charge is 2.21. The Bertz CT molecular complexity index is 1360. The summed E-state index contributed by atoms with van der Waals surface area (Å²) in [5, 5.41) is 4.97. The van der Waals surface area contributed by atoms with Gasteiger partial charge < -0.3 is 14.2 Å². The van der Waals surface area contributed by atoms with Gasteiger partial charge in [0, 0.05) is 16.0 Å². The number of benzene rings is 2. The molecule has 0 N–H and O–H groups in total. The maximum atomic E-state index is 13.3. The lowest BCUT2D eigenvalue weighted by molar-refractivity contribution is -0.150. The van der Waals surface area contributed by atoms with Crippen LogP contribution in [0.5, 0.6) is 11.5 Å². The number of fused-ring (bicyclic) bond motifs is 1. The zero-order valence-electron chi connectivity index (χ0n) is 21.1. The number of aromatic nitrogens is 2. The Kier molecular flexibility index (Phi) is 9.03. The summed E-state index contributed by atoms with van der Waals surface area (Å²) < 4.78 is 18.6. The molecule has 0 spiro atoms. The number of allylic oxidation sites excluding steroid dienone is 1. The summed E-state index contributed by atoms with van der Waals surface area (Å²) in [7, 11) is 1.52.